The second-order valence-corrected chi connectivity index (χ2v) is 4.35. The highest BCUT2D eigenvalue weighted by Crippen LogP contribution is 2.21. The van der Waals surface area contributed by atoms with Crippen molar-refractivity contribution >= 4 is 0 Å². The normalized spacial score (nSPS) is 10.7. The number of ether oxygens (including phenoxy) is 1. The van der Waals surface area contributed by atoms with E-state index in [-0.39, 0.29) is 11.6 Å². The molecule has 1 heterocycles. The lowest BCUT2D eigenvalue weighted by atomic mass is 10.2. The molecule has 1 aromatic heterocycles. The molecule has 5 heteroatoms. The van der Waals surface area contributed by atoms with Gasteiger partial charge in [0.25, 0.3) is 0 Å². The molecule has 1 N–H and O–H groups in total. The molecule has 4 nitrogen and oxygen atoms in total. The summed E-state index contributed by atoms with van der Waals surface area (Å²) in [6.07, 6.45) is 1.81. The fourth-order valence-corrected chi connectivity index (χ4v) is 2.06. The molecule has 2 aromatic rings. The van der Waals surface area contributed by atoms with Crippen LogP contribution in [0.3, 0.4) is 0 Å². The average molecular weight is 263 g/mol. The third-order valence-corrected chi connectivity index (χ3v) is 3.09. The van der Waals surface area contributed by atoms with E-state index in [9.17, 15) is 4.39 Å². The number of nitrogens with one attached hydrogen (secondary N) is 1. The van der Waals surface area contributed by atoms with Crippen LogP contribution in [0.2, 0.25) is 0 Å². The lowest BCUT2D eigenvalue weighted by molar-refractivity contribution is 0.383. The average Bonchev–Trinajstić information content (AvgIpc) is 2.74. The van der Waals surface area contributed by atoms with Gasteiger partial charge in [-0.25, -0.2) is 9.37 Å². The Hall–Kier alpha value is -1.88. The maximum Gasteiger partial charge on any atom is 0.170 e. The molecule has 0 fully saturated rings. The van der Waals surface area contributed by atoms with Crippen LogP contribution in [0.5, 0.6) is 5.75 Å². The summed E-state index contributed by atoms with van der Waals surface area (Å²) in [5.74, 6) is 0.825. The molecular weight excluding hydrogens is 245 g/mol. The van der Waals surface area contributed by atoms with Crippen molar-refractivity contribution in [3.8, 4) is 5.75 Å². The molecule has 0 saturated carbocycles. The zero-order valence-corrected chi connectivity index (χ0v) is 11.4. The Morgan fingerprint density at radius 1 is 1.42 bits per heavy atom. The molecule has 102 valence electrons. The van der Waals surface area contributed by atoms with Crippen LogP contribution in [-0.4, -0.2) is 23.7 Å². The maximum atomic E-state index is 14.1. The van der Waals surface area contributed by atoms with Crippen molar-refractivity contribution in [1.29, 1.82) is 0 Å². The number of imidazole rings is 1. The number of benzene rings is 1. The van der Waals surface area contributed by atoms with Crippen molar-refractivity contribution in [2.24, 2.45) is 0 Å². The summed E-state index contributed by atoms with van der Waals surface area (Å²) in [6.45, 7) is 3.07. The lowest BCUT2D eigenvalue weighted by Crippen LogP contribution is -2.13. The highest BCUT2D eigenvalue weighted by atomic mass is 19.1. The van der Waals surface area contributed by atoms with Crippen molar-refractivity contribution in [3.05, 3.63) is 47.3 Å². The van der Waals surface area contributed by atoms with E-state index < -0.39 is 0 Å². The first-order chi connectivity index (χ1) is 9.17. The summed E-state index contributed by atoms with van der Waals surface area (Å²) in [4.78, 5) is 4.27. The Bertz CT molecular complexity index is 566. The smallest absolute Gasteiger partial charge is 0.170 e. The number of hydrogen-bond acceptors (Lipinski definition) is 3. The van der Waals surface area contributed by atoms with Crippen molar-refractivity contribution < 1.29 is 9.13 Å². The van der Waals surface area contributed by atoms with E-state index in [2.05, 4.69) is 10.3 Å². The quantitative estimate of drug-likeness (QED) is 0.898. The molecule has 0 unspecified atom stereocenters. The zero-order valence-electron chi connectivity index (χ0n) is 11.4. The Kier molecular flexibility index (Phi) is 4.16. The molecule has 19 heavy (non-hydrogen) atoms. The second-order valence-electron chi connectivity index (χ2n) is 4.35. The molecule has 0 radical (unpaired) electrons. The van der Waals surface area contributed by atoms with Gasteiger partial charge in [0, 0.05) is 18.3 Å². The van der Waals surface area contributed by atoms with Crippen LogP contribution in [0, 0.1) is 12.7 Å². The Morgan fingerprint density at radius 3 is 2.89 bits per heavy atom. The van der Waals surface area contributed by atoms with Crippen LogP contribution in [-0.2, 0) is 13.1 Å². The number of aromatic nitrogens is 2. The van der Waals surface area contributed by atoms with Crippen LogP contribution in [0.25, 0.3) is 0 Å². The fourth-order valence-electron chi connectivity index (χ4n) is 2.06. The van der Waals surface area contributed by atoms with E-state index in [1.807, 2.05) is 24.7 Å². The van der Waals surface area contributed by atoms with Crippen molar-refractivity contribution in [2.75, 3.05) is 14.2 Å². The molecule has 0 aliphatic rings. The van der Waals surface area contributed by atoms with Crippen LogP contribution in [0.1, 0.15) is 17.1 Å². The summed E-state index contributed by atoms with van der Waals surface area (Å²) in [5.41, 5.74) is 1.63. The standard InChI is InChI=1S/C14H18FN3O/c1-10-17-8-12(7-16-2)18(10)9-11-5-4-6-13(19-3)14(11)15/h4-6,8,16H,7,9H2,1-3H3. The van der Waals surface area contributed by atoms with Gasteiger partial charge in [-0.3, -0.25) is 0 Å². The van der Waals surface area contributed by atoms with E-state index in [0.717, 1.165) is 11.5 Å². The first kappa shape index (κ1) is 13.5. The third kappa shape index (κ3) is 2.76. The number of aryl methyl sites for hydroxylation is 1. The first-order valence-electron chi connectivity index (χ1n) is 6.14. The van der Waals surface area contributed by atoms with Gasteiger partial charge in [0.15, 0.2) is 11.6 Å². The minimum absolute atomic E-state index is 0.269. The minimum atomic E-state index is -0.312. The van der Waals surface area contributed by atoms with Crippen LogP contribution < -0.4 is 10.1 Å². The largest absolute Gasteiger partial charge is 0.494 e. The molecule has 2 rings (SSSR count). The summed E-state index contributed by atoms with van der Waals surface area (Å²) in [7, 11) is 3.34. The van der Waals surface area contributed by atoms with E-state index >= 15 is 0 Å². The van der Waals surface area contributed by atoms with Crippen molar-refractivity contribution in [2.45, 2.75) is 20.0 Å². The number of methoxy groups -OCH3 is 1. The molecule has 0 bridgehead atoms. The molecule has 0 amide bonds. The predicted molar refractivity (Wildman–Crippen MR) is 71.8 cm³/mol. The monoisotopic (exact) mass is 263 g/mol. The summed E-state index contributed by atoms with van der Waals surface area (Å²) >= 11 is 0. The number of rotatable bonds is 5. The summed E-state index contributed by atoms with van der Waals surface area (Å²) in [5, 5.41) is 3.08. The van der Waals surface area contributed by atoms with Gasteiger partial charge in [0.1, 0.15) is 5.82 Å². The molecule has 0 saturated heterocycles. The van der Waals surface area contributed by atoms with Crippen molar-refractivity contribution in [3.63, 3.8) is 0 Å². The third-order valence-electron chi connectivity index (χ3n) is 3.09. The van der Waals surface area contributed by atoms with Crippen molar-refractivity contribution in [1.82, 2.24) is 14.9 Å². The summed E-state index contributed by atoms with van der Waals surface area (Å²) in [6, 6.07) is 5.18. The first-order valence-corrected chi connectivity index (χ1v) is 6.14. The van der Waals surface area contributed by atoms with Crippen LogP contribution in [0.4, 0.5) is 4.39 Å². The van der Waals surface area contributed by atoms with Gasteiger partial charge >= 0.3 is 0 Å². The minimum Gasteiger partial charge on any atom is -0.494 e. The Labute approximate surface area is 112 Å². The molecular formula is C14H18FN3O. The van der Waals surface area contributed by atoms with Gasteiger partial charge in [-0.2, -0.15) is 0 Å². The van der Waals surface area contributed by atoms with E-state index in [0.29, 0.717) is 18.7 Å². The predicted octanol–water partition coefficient (Wildman–Crippen LogP) is 2.11. The maximum absolute atomic E-state index is 14.1. The second kappa shape index (κ2) is 5.84. The summed E-state index contributed by atoms with van der Waals surface area (Å²) < 4.78 is 21.1. The number of halogens is 1. The van der Waals surface area contributed by atoms with Gasteiger partial charge in [0.05, 0.1) is 19.3 Å². The molecule has 0 atom stereocenters. The van der Waals surface area contributed by atoms with E-state index in [1.54, 1.807) is 18.2 Å². The number of nitrogens with zero attached hydrogens (tertiary/aromatic N) is 2. The lowest BCUT2D eigenvalue weighted by Gasteiger charge is -2.12. The fraction of sp³-hybridized carbons (Fsp3) is 0.357. The Morgan fingerprint density at radius 2 is 2.21 bits per heavy atom. The van der Waals surface area contributed by atoms with E-state index in [4.69, 9.17) is 4.74 Å². The van der Waals surface area contributed by atoms with Crippen LogP contribution in [0.15, 0.2) is 24.4 Å². The van der Waals surface area contributed by atoms with Gasteiger partial charge in [-0.1, -0.05) is 12.1 Å². The highest BCUT2D eigenvalue weighted by Gasteiger charge is 2.12. The molecule has 0 spiro atoms. The topological polar surface area (TPSA) is 39.1 Å². The van der Waals surface area contributed by atoms with Crippen LogP contribution >= 0.6 is 0 Å². The van der Waals surface area contributed by atoms with Gasteiger partial charge in [-0.05, 0) is 20.0 Å². The number of hydrogen-bond donors (Lipinski definition) is 1. The zero-order chi connectivity index (χ0) is 13.8. The van der Waals surface area contributed by atoms with Gasteiger partial charge in [-0.15, -0.1) is 0 Å². The molecule has 1 aromatic carbocycles. The highest BCUT2D eigenvalue weighted by molar-refractivity contribution is 5.31. The Balaban J connectivity index is 2.33. The van der Waals surface area contributed by atoms with E-state index in [1.165, 1.54) is 7.11 Å². The SMILES string of the molecule is CNCc1cnc(C)n1Cc1cccc(OC)c1F. The molecule has 0 aliphatic heterocycles. The van der Waals surface area contributed by atoms with Gasteiger partial charge in [0.2, 0.25) is 0 Å². The van der Waals surface area contributed by atoms with Gasteiger partial charge < -0.3 is 14.6 Å². The molecule has 0 aliphatic carbocycles.